The Morgan fingerprint density at radius 1 is 1.31 bits per heavy atom. The molecule has 6 nitrogen and oxygen atoms in total. The van der Waals surface area contributed by atoms with E-state index in [9.17, 15) is 18.7 Å². The van der Waals surface area contributed by atoms with Crippen LogP contribution < -0.4 is 0 Å². The van der Waals surface area contributed by atoms with Crippen molar-refractivity contribution < 1.29 is 23.4 Å². The number of aromatic nitrogens is 1. The van der Waals surface area contributed by atoms with E-state index >= 15 is 0 Å². The number of hydrogen-bond donors (Lipinski definition) is 1. The van der Waals surface area contributed by atoms with Crippen LogP contribution in [0, 0.1) is 5.82 Å². The van der Waals surface area contributed by atoms with Crippen LogP contribution in [0.2, 0.25) is 30.7 Å². The molecular formula is C25H28ClF2N3O3SSi. The van der Waals surface area contributed by atoms with Gasteiger partial charge in [-0.25, -0.2) is 23.5 Å². The van der Waals surface area contributed by atoms with Crippen molar-refractivity contribution in [2.24, 2.45) is 4.99 Å². The molecule has 0 radical (unpaired) electrons. The lowest BCUT2D eigenvalue weighted by atomic mass is 9.90. The Balaban J connectivity index is 1.87. The van der Waals surface area contributed by atoms with Gasteiger partial charge in [0, 0.05) is 26.4 Å². The number of pyridine rings is 1. The Bertz CT molecular complexity index is 1200. The molecule has 1 atom stereocenters. The van der Waals surface area contributed by atoms with E-state index in [4.69, 9.17) is 16.3 Å². The summed E-state index contributed by atoms with van der Waals surface area (Å²) in [7, 11) is -1.33. The molecule has 2 heterocycles. The van der Waals surface area contributed by atoms with Gasteiger partial charge >= 0.3 is 6.09 Å². The van der Waals surface area contributed by atoms with Crippen molar-refractivity contribution in [2.75, 3.05) is 13.3 Å². The van der Waals surface area contributed by atoms with Crippen LogP contribution in [0.1, 0.15) is 23.7 Å². The molecule has 192 valence electrons. The van der Waals surface area contributed by atoms with E-state index in [1.165, 1.54) is 42.6 Å². The highest BCUT2D eigenvalue weighted by Gasteiger charge is 2.32. The normalized spacial score (nSPS) is 18.2. The number of rotatable bonds is 8. The minimum atomic E-state index is -1.33. The predicted octanol–water partition coefficient (Wildman–Crippen LogP) is 7.47. The highest BCUT2D eigenvalue weighted by Crippen LogP contribution is 2.36. The van der Waals surface area contributed by atoms with E-state index in [0.717, 1.165) is 22.7 Å². The molecule has 1 aromatic heterocycles. The Labute approximate surface area is 219 Å². The molecule has 1 amide bonds. The molecule has 0 saturated heterocycles. The van der Waals surface area contributed by atoms with Crippen LogP contribution in [0.4, 0.5) is 13.6 Å². The Morgan fingerprint density at radius 3 is 2.69 bits per heavy atom. The quantitative estimate of drug-likeness (QED) is 0.209. The average Bonchev–Trinajstić information content (AvgIpc) is 2.79. The van der Waals surface area contributed by atoms with Gasteiger partial charge in [-0.05, 0) is 60.4 Å². The maximum absolute atomic E-state index is 14.9. The molecule has 1 aliphatic rings. The molecule has 3 rings (SSSR count). The summed E-state index contributed by atoms with van der Waals surface area (Å²) in [5.41, 5.74) is -0.547. The van der Waals surface area contributed by atoms with Crippen LogP contribution in [-0.4, -0.2) is 47.7 Å². The van der Waals surface area contributed by atoms with E-state index < -0.39 is 31.4 Å². The molecule has 11 heteroatoms. The van der Waals surface area contributed by atoms with Gasteiger partial charge in [-0.3, -0.25) is 4.98 Å². The van der Waals surface area contributed by atoms with Crippen molar-refractivity contribution in [3.05, 3.63) is 75.7 Å². The second kappa shape index (κ2) is 11.7. The fourth-order valence-corrected chi connectivity index (χ4v) is 5.07. The van der Waals surface area contributed by atoms with Crippen LogP contribution in [0.3, 0.4) is 0 Å². The molecule has 0 aliphatic carbocycles. The van der Waals surface area contributed by atoms with Gasteiger partial charge < -0.3 is 9.84 Å². The molecule has 0 saturated carbocycles. The van der Waals surface area contributed by atoms with E-state index in [0.29, 0.717) is 17.2 Å². The maximum Gasteiger partial charge on any atom is 0.415 e. The van der Waals surface area contributed by atoms with Crippen molar-refractivity contribution in [3.63, 3.8) is 0 Å². The fourth-order valence-electron chi connectivity index (χ4n) is 3.25. The first-order valence-corrected chi connectivity index (χ1v) is 16.2. The first-order chi connectivity index (χ1) is 16.9. The van der Waals surface area contributed by atoms with Crippen molar-refractivity contribution in [1.82, 2.24) is 9.88 Å². The molecule has 36 heavy (non-hydrogen) atoms. The Kier molecular flexibility index (Phi) is 9.10. The van der Waals surface area contributed by atoms with Gasteiger partial charge in [-0.1, -0.05) is 49.1 Å². The third-order valence-electron chi connectivity index (χ3n) is 5.37. The standard InChI is InChI=1S/C25H28ClF2N3O3SSi/c1-25(9-11-35-23(30-25)31(24(32)33)16-34-10-12-36(2,3)4)19-13-17(5-7-20(19)27)14-21(28)22-8-6-18(26)15-29-22/h5-9,11,13-15H,10,12,16H2,1-4H3,(H,32,33). The zero-order chi connectivity index (χ0) is 26.5. The van der Waals surface area contributed by atoms with Crippen LogP contribution in [0.15, 0.2) is 53.0 Å². The second-order valence-corrected chi connectivity index (χ2v) is 16.5. The lowest BCUT2D eigenvalue weighted by molar-refractivity contribution is 0.0705. The molecule has 1 unspecified atom stereocenters. The number of thioether (sulfide) groups is 1. The minimum Gasteiger partial charge on any atom is -0.465 e. The first-order valence-electron chi connectivity index (χ1n) is 11.2. The van der Waals surface area contributed by atoms with Gasteiger partial charge in [-0.15, -0.1) is 0 Å². The zero-order valence-electron chi connectivity index (χ0n) is 20.5. The number of carbonyl (C=O) groups is 1. The molecule has 0 spiro atoms. The number of amides is 1. The smallest absolute Gasteiger partial charge is 0.415 e. The zero-order valence-corrected chi connectivity index (χ0v) is 23.0. The number of benzene rings is 1. The number of amidine groups is 1. The minimum absolute atomic E-state index is 0.0944. The summed E-state index contributed by atoms with van der Waals surface area (Å²) in [6.45, 7) is 8.55. The summed E-state index contributed by atoms with van der Waals surface area (Å²) >= 11 is 6.92. The van der Waals surface area contributed by atoms with Crippen LogP contribution in [0.5, 0.6) is 0 Å². The molecule has 2 aromatic rings. The van der Waals surface area contributed by atoms with Gasteiger partial charge in [0.05, 0.1) is 10.7 Å². The number of halogens is 3. The number of ether oxygens (including phenoxy) is 1. The summed E-state index contributed by atoms with van der Waals surface area (Å²) in [6, 6.07) is 8.03. The highest BCUT2D eigenvalue weighted by atomic mass is 35.5. The van der Waals surface area contributed by atoms with Crippen LogP contribution in [0.25, 0.3) is 11.9 Å². The predicted molar refractivity (Wildman–Crippen MR) is 145 cm³/mol. The van der Waals surface area contributed by atoms with E-state index in [2.05, 4.69) is 29.6 Å². The van der Waals surface area contributed by atoms with E-state index in [1.807, 2.05) is 0 Å². The number of aliphatic imine (C=N–C) groups is 1. The third kappa shape index (κ3) is 7.49. The van der Waals surface area contributed by atoms with Crippen molar-refractivity contribution in [2.45, 2.75) is 38.1 Å². The topological polar surface area (TPSA) is 75.0 Å². The van der Waals surface area contributed by atoms with Crippen LogP contribution >= 0.6 is 23.4 Å². The second-order valence-electron chi connectivity index (χ2n) is 9.61. The van der Waals surface area contributed by atoms with E-state index in [-0.39, 0.29) is 23.2 Å². The van der Waals surface area contributed by atoms with Crippen LogP contribution in [-0.2, 0) is 10.3 Å². The first kappa shape index (κ1) is 28.0. The molecule has 1 aliphatic heterocycles. The number of carboxylic acid groups (broad SMARTS) is 1. The van der Waals surface area contributed by atoms with Gasteiger partial charge in [0.1, 0.15) is 23.9 Å². The molecule has 1 N–H and O–H groups in total. The van der Waals surface area contributed by atoms with E-state index in [1.54, 1.807) is 18.4 Å². The van der Waals surface area contributed by atoms with Gasteiger partial charge in [0.25, 0.3) is 0 Å². The lowest BCUT2D eigenvalue weighted by Gasteiger charge is -2.30. The monoisotopic (exact) mass is 551 g/mol. The highest BCUT2D eigenvalue weighted by molar-refractivity contribution is 8.16. The number of hydrogen-bond acceptors (Lipinski definition) is 5. The van der Waals surface area contributed by atoms with Crippen molar-refractivity contribution in [3.8, 4) is 0 Å². The molecule has 0 bridgehead atoms. The fraction of sp³-hybridized carbons (Fsp3) is 0.320. The molecule has 1 aromatic carbocycles. The lowest BCUT2D eigenvalue weighted by Crippen LogP contribution is -2.39. The summed E-state index contributed by atoms with van der Waals surface area (Å²) in [4.78, 5) is 21.5. The number of nitrogens with zero attached hydrogens (tertiary/aromatic N) is 3. The summed E-state index contributed by atoms with van der Waals surface area (Å²) < 4.78 is 35.3. The third-order valence-corrected chi connectivity index (χ3v) is 8.10. The summed E-state index contributed by atoms with van der Waals surface area (Å²) in [5.74, 6) is -1.16. The Morgan fingerprint density at radius 2 is 2.06 bits per heavy atom. The van der Waals surface area contributed by atoms with Gasteiger partial charge in [0.2, 0.25) is 0 Å². The molecular weight excluding hydrogens is 524 g/mol. The van der Waals surface area contributed by atoms with Crippen molar-refractivity contribution in [1.29, 1.82) is 0 Å². The van der Waals surface area contributed by atoms with Gasteiger partial charge in [0.15, 0.2) is 5.17 Å². The average molecular weight is 552 g/mol. The SMILES string of the molecule is CC1(c2cc(C=C(F)c3ccc(Cl)cn3)ccc2F)C=CSC(N(COCC[Si](C)(C)C)C(=O)O)=N1. The van der Waals surface area contributed by atoms with Crippen molar-refractivity contribution >= 4 is 54.6 Å². The summed E-state index contributed by atoms with van der Waals surface area (Å²) in [5, 5.41) is 12.0. The maximum atomic E-state index is 14.9. The summed E-state index contributed by atoms with van der Waals surface area (Å²) in [6.07, 6.45) is 3.04. The Hall–Kier alpha value is -2.53. The molecule has 0 fully saturated rings. The van der Waals surface area contributed by atoms with Gasteiger partial charge in [-0.2, -0.15) is 0 Å². The largest absolute Gasteiger partial charge is 0.465 e.